The first-order chi connectivity index (χ1) is 25.6. The Bertz CT molecular complexity index is 2130. The number of carbonyl (C=O) groups excluding carboxylic acids is 3. The lowest BCUT2D eigenvalue weighted by Crippen LogP contribution is -2.43. The summed E-state index contributed by atoms with van der Waals surface area (Å²) in [6, 6.07) is 14.3. The molecule has 280 valence electrons. The van der Waals surface area contributed by atoms with E-state index >= 15 is 0 Å². The fraction of sp³-hybridized carbons (Fsp3) is 0.462. The highest BCUT2D eigenvalue weighted by atomic mass is 32.2. The number of unbranched alkanes of at least 4 members (excludes halogenated alkanes) is 4. The van der Waals surface area contributed by atoms with Gasteiger partial charge in [-0.15, -0.1) is 0 Å². The van der Waals surface area contributed by atoms with Crippen LogP contribution in [0.2, 0.25) is 0 Å². The Kier molecular flexibility index (Phi) is 10.7. The lowest BCUT2D eigenvalue weighted by Gasteiger charge is -2.21. The maximum atomic E-state index is 13.4. The molecule has 14 heteroatoms. The van der Waals surface area contributed by atoms with Crippen LogP contribution in [0.3, 0.4) is 0 Å². The van der Waals surface area contributed by atoms with Crippen molar-refractivity contribution in [2.45, 2.75) is 88.5 Å². The fourth-order valence-corrected chi connectivity index (χ4v) is 8.30. The molecule has 0 spiro atoms. The van der Waals surface area contributed by atoms with E-state index in [9.17, 15) is 22.8 Å². The summed E-state index contributed by atoms with van der Waals surface area (Å²) in [6.07, 6.45) is 10.2. The molecule has 0 unspecified atom stereocenters. The summed E-state index contributed by atoms with van der Waals surface area (Å²) >= 11 is 0. The number of fused-ring (bicyclic) bond motifs is 3. The van der Waals surface area contributed by atoms with Crippen molar-refractivity contribution in [3.8, 4) is 23.0 Å². The van der Waals surface area contributed by atoms with E-state index in [4.69, 9.17) is 29.6 Å². The molecule has 2 aromatic heterocycles. The first-order valence-corrected chi connectivity index (χ1v) is 20.1. The average Bonchev–Trinajstić information content (AvgIpc) is 4.06. The van der Waals surface area contributed by atoms with Gasteiger partial charge < -0.3 is 24.5 Å². The molecule has 3 N–H and O–H groups in total. The highest BCUT2D eigenvalue weighted by Gasteiger charge is 2.45. The van der Waals surface area contributed by atoms with Crippen LogP contribution in [0.1, 0.15) is 71.1 Å². The number of benzene rings is 2. The molecule has 3 amide bonds. The molecule has 0 bridgehead atoms. The predicted molar refractivity (Wildman–Crippen MR) is 198 cm³/mol. The smallest absolute Gasteiger partial charge is 0.262 e. The molecular weight excluding hydrogens is 699 g/mol. The maximum absolute atomic E-state index is 13.4. The average molecular weight is 744 g/mol. The molecule has 0 radical (unpaired) electrons. The van der Waals surface area contributed by atoms with Crippen LogP contribution in [0.25, 0.3) is 33.5 Å². The molecule has 3 heterocycles. The molecule has 3 fully saturated rings. The highest BCUT2D eigenvalue weighted by molar-refractivity contribution is 7.90. The Morgan fingerprint density at radius 3 is 2.55 bits per heavy atom. The van der Waals surface area contributed by atoms with Gasteiger partial charge in [0.05, 0.1) is 18.4 Å². The minimum absolute atomic E-state index is 0.0906. The summed E-state index contributed by atoms with van der Waals surface area (Å²) in [6.45, 7) is 2.67. The van der Waals surface area contributed by atoms with Crippen LogP contribution in [0.4, 0.5) is 0 Å². The van der Waals surface area contributed by atoms with Crippen molar-refractivity contribution in [2.24, 2.45) is 17.6 Å². The van der Waals surface area contributed by atoms with E-state index in [1.807, 2.05) is 61.5 Å². The topological polar surface area (TPSA) is 184 Å². The third kappa shape index (κ3) is 8.48. The van der Waals surface area contributed by atoms with E-state index in [0.29, 0.717) is 54.8 Å². The third-order valence-corrected chi connectivity index (χ3v) is 11.9. The zero-order valence-corrected chi connectivity index (χ0v) is 30.6. The number of likely N-dealkylation sites (tertiary alicyclic amines) is 1. The number of aromatic nitrogens is 2. The van der Waals surface area contributed by atoms with Crippen LogP contribution >= 0.6 is 0 Å². The molecule has 2 saturated carbocycles. The fourth-order valence-electron chi connectivity index (χ4n) is 6.94. The van der Waals surface area contributed by atoms with Gasteiger partial charge in [0, 0.05) is 29.7 Å². The number of carbonyl (C=O) groups is 3. The summed E-state index contributed by atoms with van der Waals surface area (Å²) in [4.78, 5) is 49.2. The molecule has 3 aliphatic rings. The summed E-state index contributed by atoms with van der Waals surface area (Å²) in [5, 5.41) is 0.409. The van der Waals surface area contributed by atoms with Crippen LogP contribution in [-0.4, -0.2) is 71.6 Å². The minimum atomic E-state index is -3.50. The maximum Gasteiger partial charge on any atom is 0.262 e. The normalized spacial score (nSPS) is 21.3. The van der Waals surface area contributed by atoms with Crippen LogP contribution in [0.15, 0.2) is 65.1 Å². The summed E-state index contributed by atoms with van der Waals surface area (Å²) in [5.41, 5.74) is 8.16. The SMILES string of the molecule is CCOc1ccc(-c2nc(O[C@@H]3C[C@@H](C(N)=O)N(C(=O)CCCCCC/C=C\[C@@H]4C[C@@H]4C(=O)NS(=O)(=O)C4CC4)C3)c3oc4ccccc4c3n2)cc1. The second kappa shape index (κ2) is 15.6. The monoisotopic (exact) mass is 743 g/mol. The third-order valence-electron chi connectivity index (χ3n) is 10.1. The Hall–Kier alpha value is -4.98. The number of nitrogens with two attached hydrogens (primary N) is 1. The summed E-state index contributed by atoms with van der Waals surface area (Å²) in [7, 11) is -3.50. The molecule has 4 aromatic rings. The number of furan rings is 1. The minimum Gasteiger partial charge on any atom is -0.494 e. The van der Waals surface area contributed by atoms with Gasteiger partial charge in [0.1, 0.15) is 29.0 Å². The standard InChI is InChI=1S/C39H45N5O8S/c1-2-50-26-17-15-24(16-18-26)37-41-34-29-12-9-10-13-32(29)52-35(34)39(42-37)51-27-22-31(36(40)46)44(23-27)33(45)14-8-6-4-3-5-7-11-25-21-30(25)38(47)43-53(48,49)28-19-20-28/h7,9-13,15-18,25,27-28,30-31H,2-6,8,14,19-23H2,1H3,(H2,40,46)(H,43,47)/b11-7-/t25-,27-,30+,31+/m1/s1. The van der Waals surface area contributed by atoms with Crippen molar-refractivity contribution >= 4 is 49.8 Å². The van der Waals surface area contributed by atoms with Crippen molar-refractivity contribution < 1.29 is 36.7 Å². The van der Waals surface area contributed by atoms with Crippen LogP contribution in [0.5, 0.6) is 11.6 Å². The molecule has 53 heavy (non-hydrogen) atoms. The number of para-hydroxylation sites is 1. The van der Waals surface area contributed by atoms with Crippen LogP contribution in [0, 0.1) is 11.8 Å². The zero-order valence-electron chi connectivity index (χ0n) is 29.7. The van der Waals surface area contributed by atoms with Gasteiger partial charge in [-0.1, -0.05) is 37.1 Å². The lowest BCUT2D eigenvalue weighted by molar-refractivity contribution is -0.137. The summed E-state index contributed by atoms with van der Waals surface area (Å²) < 4.78 is 44.4. The first kappa shape index (κ1) is 36.4. The van der Waals surface area contributed by atoms with Crippen molar-refractivity contribution in [3.05, 3.63) is 60.7 Å². The van der Waals surface area contributed by atoms with Crippen molar-refractivity contribution in [1.29, 1.82) is 0 Å². The zero-order chi connectivity index (χ0) is 37.1. The second-order valence-corrected chi connectivity index (χ2v) is 16.1. The number of rotatable bonds is 17. The number of amides is 3. The van der Waals surface area contributed by atoms with Gasteiger partial charge >= 0.3 is 0 Å². The number of sulfonamides is 1. The number of primary amides is 1. The van der Waals surface area contributed by atoms with Crippen LogP contribution < -0.4 is 19.9 Å². The lowest BCUT2D eigenvalue weighted by atomic mass is 10.1. The predicted octanol–water partition coefficient (Wildman–Crippen LogP) is 5.42. The quantitative estimate of drug-likeness (QED) is 0.105. The Morgan fingerprint density at radius 1 is 1.02 bits per heavy atom. The van der Waals surface area contributed by atoms with Crippen LogP contribution in [-0.2, 0) is 24.4 Å². The molecule has 1 saturated heterocycles. The number of nitrogens with zero attached hydrogens (tertiary/aromatic N) is 3. The molecule has 7 rings (SSSR count). The van der Waals surface area contributed by atoms with Gasteiger partial charge in [0.15, 0.2) is 5.82 Å². The summed E-state index contributed by atoms with van der Waals surface area (Å²) in [5.74, 6) is 0.117. The Morgan fingerprint density at radius 2 is 1.79 bits per heavy atom. The molecule has 2 aromatic carbocycles. The molecule has 13 nitrogen and oxygen atoms in total. The van der Waals surface area contributed by atoms with E-state index in [0.717, 1.165) is 42.4 Å². The van der Waals surface area contributed by atoms with Gasteiger partial charge in [0.25, 0.3) is 5.88 Å². The van der Waals surface area contributed by atoms with Crippen molar-refractivity contribution in [2.75, 3.05) is 13.2 Å². The van der Waals surface area contributed by atoms with Gasteiger partial charge in [0.2, 0.25) is 33.3 Å². The number of hydrogen-bond acceptors (Lipinski definition) is 10. The molecule has 2 aliphatic carbocycles. The van der Waals surface area contributed by atoms with E-state index in [2.05, 4.69) is 10.8 Å². The number of allylic oxidation sites excluding steroid dienone is 2. The van der Waals surface area contributed by atoms with E-state index in [1.165, 1.54) is 4.90 Å². The highest BCUT2D eigenvalue weighted by Crippen LogP contribution is 2.41. The number of hydrogen-bond donors (Lipinski definition) is 2. The van der Waals surface area contributed by atoms with Gasteiger partial charge in [-0.05, 0) is 87.8 Å². The van der Waals surface area contributed by atoms with E-state index < -0.39 is 39.2 Å². The number of ether oxygens (including phenoxy) is 2. The molecule has 1 aliphatic heterocycles. The van der Waals surface area contributed by atoms with Gasteiger partial charge in [-0.25, -0.2) is 13.4 Å². The largest absolute Gasteiger partial charge is 0.494 e. The van der Waals surface area contributed by atoms with E-state index in [-0.39, 0.29) is 43.0 Å². The Balaban J connectivity index is 0.915. The van der Waals surface area contributed by atoms with Crippen molar-refractivity contribution in [1.82, 2.24) is 19.6 Å². The molecule has 4 atom stereocenters. The van der Waals surface area contributed by atoms with Gasteiger partial charge in [-0.2, -0.15) is 4.98 Å². The van der Waals surface area contributed by atoms with Gasteiger partial charge in [-0.3, -0.25) is 19.1 Å². The van der Waals surface area contributed by atoms with E-state index in [1.54, 1.807) is 0 Å². The molecular formula is C39H45N5O8S. The Labute approximate surface area is 308 Å². The number of nitrogens with one attached hydrogen (secondary N) is 1. The second-order valence-electron chi connectivity index (χ2n) is 14.1. The first-order valence-electron chi connectivity index (χ1n) is 18.5. The van der Waals surface area contributed by atoms with Crippen molar-refractivity contribution in [3.63, 3.8) is 0 Å².